The summed E-state index contributed by atoms with van der Waals surface area (Å²) >= 11 is 0. The van der Waals surface area contributed by atoms with Crippen LogP contribution in [0.4, 0.5) is 0 Å². The van der Waals surface area contributed by atoms with Crippen molar-refractivity contribution < 1.29 is 38.0 Å². The van der Waals surface area contributed by atoms with Crippen molar-refractivity contribution >= 4 is 5.97 Å². The summed E-state index contributed by atoms with van der Waals surface area (Å²) in [6.07, 6.45) is 0. The van der Waals surface area contributed by atoms with Gasteiger partial charge in [0.05, 0.1) is 73.2 Å². The molecular weight excluding hydrogens is 296 g/mol. The summed E-state index contributed by atoms with van der Waals surface area (Å²) in [5.74, 6) is -0.396. The van der Waals surface area contributed by atoms with E-state index in [0.717, 1.165) is 0 Å². The number of hydrogen-bond donors (Lipinski definition) is 0. The van der Waals surface area contributed by atoms with Gasteiger partial charge in [0.2, 0.25) is 0 Å². The second kappa shape index (κ2) is 18.3. The van der Waals surface area contributed by atoms with Gasteiger partial charge in [-0.1, -0.05) is 0 Å². The van der Waals surface area contributed by atoms with Gasteiger partial charge in [-0.3, -0.25) is 0 Å². The lowest BCUT2D eigenvalue weighted by molar-refractivity contribution is -0.146. The Bertz CT molecular complexity index is 237. The van der Waals surface area contributed by atoms with Crippen LogP contribution >= 0.6 is 0 Å². The number of rotatable bonds is 17. The minimum absolute atomic E-state index is 0.0527. The van der Waals surface area contributed by atoms with E-state index in [1.54, 1.807) is 7.11 Å². The SMILES string of the molecule is COCCOCCOCCOCCOCCOCC(=O)OC. The van der Waals surface area contributed by atoms with Gasteiger partial charge >= 0.3 is 5.97 Å². The van der Waals surface area contributed by atoms with Crippen molar-refractivity contribution in [3.05, 3.63) is 0 Å². The molecule has 0 rings (SSSR count). The van der Waals surface area contributed by atoms with Crippen molar-refractivity contribution in [1.29, 1.82) is 0 Å². The number of hydrogen-bond acceptors (Lipinski definition) is 8. The Morgan fingerprint density at radius 3 is 1.32 bits per heavy atom. The van der Waals surface area contributed by atoms with Gasteiger partial charge in [-0.2, -0.15) is 0 Å². The first-order valence-electron chi connectivity index (χ1n) is 7.25. The van der Waals surface area contributed by atoms with E-state index in [-0.39, 0.29) is 6.61 Å². The lowest BCUT2D eigenvalue weighted by Crippen LogP contribution is -2.15. The molecule has 0 aliphatic carbocycles. The molecule has 0 fully saturated rings. The molecule has 8 nitrogen and oxygen atoms in total. The molecule has 0 aliphatic rings. The smallest absolute Gasteiger partial charge is 0.331 e. The van der Waals surface area contributed by atoms with Gasteiger partial charge < -0.3 is 33.2 Å². The summed E-state index contributed by atoms with van der Waals surface area (Å²) in [7, 11) is 2.95. The van der Waals surface area contributed by atoms with Gasteiger partial charge in [0.1, 0.15) is 6.61 Å². The van der Waals surface area contributed by atoms with E-state index in [1.807, 2.05) is 0 Å². The van der Waals surface area contributed by atoms with E-state index >= 15 is 0 Å². The molecule has 0 heterocycles. The molecule has 0 radical (unpaired) electrons. The van der Waals surface area contributed by atoms with Gasteiger partial charge in [-0.15, -0.1) is 0 Å². The fourth-order valence-corrected chi connectivity index (χ4v) is 1.24. The molecule has 0 aromatic heterocycles. The first-order valence-corrected chi connectivity index (χ1v) is 7.25. The maximum absolute atomic E-state index is 10.7. The van der Waals surface area contributed by atoms with Crippen LogP contribution in [-0.2, 0) is 38.0 Å². The van der Waals surface area contributed by atoms with Crippen LogP contribution < -0.4 is 0 Å². The molecule has 0 amide bonds. The van der Waals surface area contributed by atoms with Crippen molar-refractivity contribution in [3.63, 3.8) is 0 Å². The number of esters is 1. The second-order valence-corrected chi connectivity index (χ2v) is 4.07. The maximum Gasteiger partial charge on any atom is 0.331 e. The fourth-order valence-electron chi connectivity index (χ4n) is 1.24. The van der Waals surface area contributed by atoms with Crippen molar-refractivity contribution in [2.45, 2.75) is 0 Å². The predicted octanol–water partition coefficient (Wildman–Crippen LogP) is -0.111. The first-order chi connectivity index (χ1) is 10.8. The number of carbonyl (C=O) groups excluding carboxylic acids is 1. The molecule has 0 aromatic carbocycles. The van der Waals surface area contributed by atoms with Crippen LogP contribution in [0.15, 0.2) is 0 Å². The normalized spacial score (nSPS) is 10.8. The second-order valence-electron chi connectivity index (χ2n) is 4.07. The third-order valence-corrected chi connectivity index (χ3v) is 2.37. The van der Waals surface area contributed by atoms with Crippen molar-refractivity contribution in [3.8, 4) is 0 Å². The minimum atomic E-state index is -0.396. The Labute approximate surface area is 131 Å². The first kappa shape index (κ1) is 21.2. The zero-order valence-corrected chi connectivity index (χ0v) is 13.5. The Kier molecular flexibility index (Phi) is 17.6. The van der Waals surface area contributed by atoms with Gasteiger partial charge in [-0.25, -0.2) is 4.79 Å². The molecule has 0 aromatic rings. The Morgan fingerprint density at radius 1 is 0.591 bits per heavy atom. The van der Waals surface area contributed by atoms with Crippen molar-refractivity contribution in [2.24, 2.45) is 0 Å². The maximum atomic E-state index is 10.7. The highest BCUT2D eigenvalue weighted by atomic mass is 16.6. The van der Waals surface area contributed by atoms with Gasteiger partial charge in [0.25, 0.3) is 0 Å². The van der Waals surface area contributed by atoms with Crippen LogP contribution in [0.1, 0.15) is 0 Å². The Balaban J connectivity index is 2.98. The van der Waals surface area contributed by atoms with Crippen LogP contribution in [0.5, 0.6) is 0 Å². The molecule has 0 saturated carbocycles. The average Bonchev–Trinajstić information content (AvgIpc) is 2.54. The number of ether oxygens (including phenoxy) is 7. The molecule has 8 heteroatoms. The third-order valence-electron chi connectivity index (χ3n) is 2.37. The van der Waals surface area contributed by atoms with E-state index in [9.17, 15) is 4.79 Å². The molecule has 132 valence electrons. The van der Waals surface area contributed by atoms with Crippen LogP contribution in [-0.4, -0.2) is 92.9 Å². The van der Waals surface area contributed by atoms with Crippen LogP contribution in [0.25, 0.3) is 0 Å². The Morgan fingerprint density at radius 2 is 0.955 bits per heavy atom. The standard InChI is InChI=1S/C14H28O8/c1-16-3-4-18-5-6-19-7-8-20-9-10-21-11-12-22-13-14(15)17-2/h3-13H2,1-2H3. The molecule has 0 spiro atoms. The largest absolute Gasteiger partial charge is 0.467 e. The zero-order valence-electron chi connectivity index (χ0n) is 13.5. The summed E-state index contributed by atoms with van der Waals surface area (Å²) in [6.45, 7) is 4.98. The van der Waals surface area contributed by atoms with Crippen LogP contribution in [0.2, 0.25) is 0 Å². The average molecular weight is 324 g/mol. The number of carbonyl (C=O) groups is 1. The van der Waals surface area contributed by atoms with Gasteiger partial charge in [0.15, 0.2) is 0 Å². The number of methoxy groups -OCH3 is 2. The fraction of sp³-hybridized carbons (Fsp3) is 0.929. The minimum Gasteiger partial charge on any atom is -0.467 e. The van der Waals surface area contributed by atoms with Crippen LogP contribution in [0, 0.1) is 0 Å². The van der Waals surface area contributed by atoms with Crippen molar-refractivity contribution in [1.82, 2.24) is 0 Å². The molecule has 0 saturated heterocycles. The van der Waals surface area contributed by atoms with Gasteiger partial charge in [-0.05, 0) is 0 Å². The Hall–Kier alpha value is -0.770. The predicted molar refractivity (Wildman–Crippen MR) is 78.0 cm³/mol. The molecule has 0 unspecified atom stereocenters. The molecule has 0 bridgehead atoms. The molecule has 0 atom stereocenters. The van der Waals surface area contributed by atoms with E-state index < -0.39 is 5.97 Å². The van der Waals surface area contributed by atoms with Crippen molar-refractivity contribution in [2.75, 3.05) is 86.9 Å². The van der Waals surface area contributed by atoms with E-state index in [2.05, 4.69) is 4.74 Å². The molecule has 0 aliphatic heterocycles. The topological polar surface area (TPSA) is 81.7 Å². The summed E-state index contributed by atoms with van der Waals surface area (Å²) in [5.41, 5.74) is 0. The molecule has 0 N–H and O–H groups in total. The van der Waals surface area contributed by atoms with E-state index in [0.29, 0.717) is 66.1 Å². The van der Waals surface area contributed by atoms with Gasteiger partial charge in [0, 0.05) is 7.11 Å². The van der Waals surface area contributed by atoms with E-state index in [4.69, 9.17) is 28.4 Å². The third kappa shape index (κ3) is 17.3. The summed E-state index contributed by atoms with van der Waals surface area (Å²) in [5, 5.41) is 0. The molecular formula is C14H28O8. The summed E-state index contributed by atoms with van der Waals surface area (Å²) in [4.78, 5) is 10.7. The highest BCUT2D eigenvalue weighted by Crippen LogP contribution is 1.84. The zero-order chi connectivity index (χ0) is 16.3. The highest BCUT2D eigenvalue weighted by Gasteiger charge is 1.98. The summed E-state index contributed by atoms with van der Waals surface area (Å²) < 4.78 is 35.4. The lowest BCUT2D eigenvalue weighted by Gasteiger charge is -2.07. The molecule has 22 heavy (non-hydrogen) atoms. The van der Waals surface area contributed by atoms with Crippen LogP contribution in [0.3, 0.4) is 0 Å². The monoisotopic (exact) mass is 324 g/mol. The quantitative estimate of drug-likeness (QED) is 0.271. The summed E-state index contributed by atoms with van der Waals surface area (Å²) in [6, 6.07) is 0. The highest BCUT2D eigenvalue weighted by molar-refractivity contribution is 5.70. The lowest BCUT2D eigenvalue weighted by atomic mass is 10.6. The van der Waals surface area contributed by atoms with E-state index in [1.165, 1.54) is 7.11 Å².